The van der Waals surface area contributed by atoms with Gasteiger partial charge < -0.3 is 10.1 Å². The molecule has 2 atom stereocenters. The van der Waals surface area contributed by atoms with E-state index in [0.29, 0.717) is 13.2 Å². The van der Waals surface area contributed by atoms with Crippen LogP contribution in [0.5, 0.6) is 0 Å². The van der Waals surface area contributed by atoms with Crippen LogP contribution in [0.25, 0.3) is 0 Å². The molecule has 5 heteroatoms. The predicted molar refractivity (Wildman–Crippen MR) is 93.4 cm³/mol. The van der Waals surface area contributed by atoms with Crippen molar-refractivity contribution in [1.82, 2.24) is 4.90 Å². The van der Waals surface area contributed by atoms with Crippen LogP contribution in [0.15, 0.2) is 18.2 Å². The van der Waals surface area contributed by atoms with Gasteiger partial charge in [-0.15, -0.1) is 0 Å². The molecule has 1 aromatic rings. The van der Waals surface area contributed by atoms with E-state index in [1.54, 1.807) is 0 Å². The van der Waals surface area contributed by atoms with Gasteiger partial charge in [0.05, 0.1) is 18.6 Å². The second-order valence-electron chi connectivity index (χ2n) is 6.68. The lowest BCUT2D eigenvalue weighted by atomic mass is 9.94. The zero-order chi connectivity index (χ0) is 17.1. The molecule has 1 fully saturated rings. The molecule has 1 saturated heterocycles. The van der Waals surface area contributed by atoms with Gasteiger partial charge in [0, 0.05) is 24.3 Å². The minimum Gasteiger partial charge on any atom is -0.466 e. The number of nitrogens with one attached hydrogen (secondary N) is 1. The molecule has 0 saturated carbocycles. The maximum absolute atomic E-state index is 12.9. The molecule has 1 N–H and O–H groups in total. The van der Waals surface area contributed by atoms with Crippen molar-refractivity contribution < 1.29 is 14.3 Å². The van der Waals surface area contributed by atoms with Gasteiger partial charge in [-0.25, -0.2) is 0 Å². The van der Waals surface area contributed by atoms with Gasteiger partial charge in [-0.05, 0) is 63.4 Å². The average Bonchev–Trinajstić information content (AvgIpc) is 3.08. The molecule has 0 aromatic heterocycles. The number of esters is 1. The molecule has 2 aliphatic rings. The Labute approximate surface area is 143 Å². The number of Topliss-reactive ketones (excluding diaryl/α,β-unsaturated/α-hetero) is 1. The Morgan fingerprint density at radius 3 is 3.04 bits per heavy atom. The summed E-state index contributed by atoms with van der Waals surface area (Å²) in [6.07, 6.45) is 2.75. The highest BCUT2D eigenvalue weighted by Crippen LogP contribution is 2.25. The van der Waals surface area contributed by atoms with Gasteiger partial charge in [-0.3, -0.25) is 14.5 Å². The predicted octanol–water partition coefficient (Wildman–Crippen LogP) is 2.50. The van der Waals surface area contributed by atoms with Gasteiger partial charge in [-0.2, -0.15) is 0 Å². The van der Waals surface area contributed by atoms with Crippen molar-refractivity contribution in [2.24, 2.45) is 5.92 Å². The SMILES string of the molecule is CCOC(=O)C1CCCN(C(C)C(=O)c2ccc3c(c2)CCN3)C1. The third kappa shape index (κ3) is 3.46. The van der Waals surface area contributed by atoms with E-state index in [2.05, 4.69) is 10.2 Å². The number of rotatable bonds is 5. The van der Waals surface area contributed by atoms with E-state index in [-0.39, 0.29) is 23.7 Å². The highest BCUT2D eigenvalue weighted by molar-refractivity contribution is 6.00. The zero-order valence-electron chi connectivity index (χ0n) is 14.5. The number of carbonyl (C=O) groups excluding carboxylic acids is 2. The van der Waals surface area contributed by atoms with Crippen molar-refractivity contribution in [1.29, 1.82) is 0 Å². The Kier molecular flexibility index (Phi) is 5.19. The van der Waals surface area contributed by atoms with Crippen molar-refractivity contribution in [3.05, 3.63) is 29.3 Å². The number of nitrogens with zero attached hydrogens (tertiary/aromatic N) is 1. The fourth-order valence-corrected chi connectivity index (χ4v) is 3.68. The number of ether oxygens (including phenoxy) is 1. The minimum atomic E-state index is -0.213. The van der Waals surface area contributed by atoms with Gasteiger partial charge in [0.15, 0.2) is 5.78 Å². The summed E-state index contributed by atoms with van der Waals surface area (Å²) >= 11 is 0. The molecule has 0 bridgehead atoms. The smallest absolute Gasteiger partial charge is 0.310 e. The fourth-order valence-electron chi connectivity index (χ4n) is 3.68. The maximum atomic E-state index is 12.9. The molecular weight excluding hydrogens is 304 g/mol. The lowest BCUT2D eigenvalue weighted by Gasteiger charge is -2.35. The second-order valence-corrected chi connectivity index (χ2v) is 6.68. The quantitative estimate of drug-likeness (QED) is 0.664. The molecule has 5 nitrogen and oxygen atoms in total. The third-order valence-electron chi connectivity index (χ3n) is 5.10. The van der Waals surface area contributed by atoms with E-state index >= 15 is 0 Å². The largest absolute Gasteiger partial charge is 0.466 e. The number of benzene rings is 1. The van der Waals surface area contributed by atoms with E-state index in [0.717, 1.165) is 43.6 Å². The third-order valence-corrected chi connectivity index (χ3v) is 5.10. The average molecular weight is 330 g/mol. The zero-order valence-corrected chi connectivity index (χ0v) is 14.5. The Hall–Kier alpha value is -1.88. The molecule has 0 aliphatic carbocycles. The number of hydrogen-bond donors (Lipinski definition) is 1. The Morgan fingerprint density at radius 1 is 1.42 bits per heavy atom. The number of anilines is 1. The summed E-state index contributed by atoms with van der Waals surface area (Å²) in [7, 11) is 0. The number of piperidine rings is 1. The van der Waals surface area contributed by atoms with Crippen molar-refractivity contribution in [2.45, 2.75) is 39.2 Å². The second kappa shape index (κ2) is 7.34. The fraction of sp³-hybridized carbons (Fsp3) is 0.579. The normalized spacial score (nSPS) is 21.7. The minimum absolute atomic E-state index is 0.113. The van der Waals surface area contributed by atoms with Crippen LogP contribution < -0.4 is 5.32 Å². The number of hydrogen-bond acceptors (Lipinski definition) is 5. The summed E-state index contributed by atoms with van der Waals surface area (Å²) in [6, 6.07) is 5.71. The van der Waals surface area contributed by atoms with Crippen LogP contribution in [0, 0.1) is 5.92 Å². The first-order chi connectivity index (χ1) is 11.6. The number of likely N-dealkylation sites (tertiary alicyclic amines) is 1. The van der Waals surface area contributed by atoms with Gasteiger partial charge in [-0.1, -0.05) is 0 Å². The number of ketones is 1. The summed E-state index contributed by atoms with van der Waals surface area (Å²) in [5.74, 6) is -0.113. The summed E-state index contributed by atoms with van der Waals surface area (Å²) in [6.45, 7) is 6.59. The molecule has 0 radical (unpaired) electrons. The molecular formula is C19H26N2O3. The highest BCUT2D eigenvalue weighted by Gasteiger charge is 2.32. The lowest BCUT2D eigenvalue weighted by Crippen LogP contribution is -2.47. The van der Waals surface area contributed by atoms with E-state index in [9.17, 15) is 9.59 Å². The molecule has 130 valence electrons. The number of carbonyl (C=O) groups is 2. The van der Waals surface area contributed by atoms with Crippen LogP contribution >= 0.6 is 0 Å². The van der Waals surface area contributed by atoms with Crippen LogP contribution in [0.1, 0.15) is 42.6 Å². The van der Waals surface area contributed by atoms with Crippen molar-refractivity contribution in [3.63, 3.8) is 0 Å². The summed E-state index contributed by atoms with van der Waals surface area (Å²) in [4.78, 5) is 27.0. The molecule has 2 heterocycles. The molecule has 3 rings (SSSR count). The summed E-state index contributed by atoms with van der Waals surface area (Å²) in [5, 5.41) is 3.32. The lowest BCUT2D eigenvalue weighted by molar-refractivity contribution is -0.150. The van der Waals surface area contributed by atoms with Crippen LogP contribution in [0.4, 0.5) is 5.69 Å². The van der Waals surface area contributed by atoms with Crippen LogP contribution in [0.2, 0.25) is 0 Å². The van der Waals surface area contributed by atoms with E-state index < -0.39 is 0 Å². The van der Waals surface area contributed by atoms with Crippen molar-refractivity contribution in [3.8, 4) is 0 Å². The Morgan fingerprint density at radius 2 is 2.25 bits per heavy atom. The first kappa shape index (κ1) is 17.0. The first-order valence-electron chi connectivity index (χ1n) is 8.92. The van der Waals surface area contributed by atoms with Crippen molar-refractivity contribution in [2.75, 3.05) is 31.6 Å². The molecule has 2 aliphatic heterocycles. The van der Waals surface area contributed by atoms with Gasteiger partial charge in [0.2, 0.25) is 0 Å². The summed E-state index contributed by atoms with van der Waals surface area (Å²) in [5.41, 5.74) is 3.12. The molecule has 0 amide bonds. The van der Waals surface area contributed by atoms with Crippen LogP contribution in [-0.2, 0) is 16.0 Å². The van der Waals surface area contributed by atoms with Crippen LogP contribution in [0.3, 0.4) is 0 Å². The van der Waals surface area contributed by atoms with Gasteiger partial charge >= 0.3 is 5.97 Å². The molecule has 1 aromatic carbocycles. The molecule has 24 heavy (non-hydrogen) atoms. The molecule has 2 unspecified atom stereocenters. The topological polar surface area (TPSA) is 58.6 Å². The first-order valence-corrected chi connectivity index (χ1v) is 8.92. The van der Waals surface area contributed by atoms with Gasteiger partial charge in [0.1, 0.15) is 0 Å². The monoisotopic (exact) mass is 330 g/mol. The van der Waals surface area contributed by atoms with Crippen LogP contribution in [-0.4, -0.2) is 48.9 Å². The maximum Gasteiger partial charge on any atom is 0.310 e. The Balaban J connectivity index is 1.67. The van der Waals surface area contributed by atoms with Gasteiger partial charge in [0.25, 0.3) is 0 Å². The highest BCUT2D eigenvalue weighted by atomic mass is 16.5. The van der Waals surface area contributed by atoms with E-state index in [4.69, 9.17) is 4.74 Å². The van der Waals surface area contributed by atoms with Crippen molar-refractivity contribution >= 4 is 17.4 Å². The van der Waals surface area contributed by atoms with E-state index in [1.165, 1.54) is 5.56 Å². The Bertz CT molecular complexity index is 629. The van der Waals surface area contributed by atoms with E-state index in [1.807, 2.05) is 32.0 Å². The number of fused-ring (bicyclic) bond motifs is 1. The summed E-state index contributed by atoms with van der Waals surface area (Å²) < 4.78 is 5.15. The standard InChI is InChI=1S/C19H26N2O3/c1-3-24-19(23)16-5-4-10-21(12-16)13(2)18(22)15-6-7-17-14(11-15)8-9-20-17/h6-7,11,13,16,20H,3-5,8-10,12H2,1-2H3. The molecule has 0 spiro atoms.